The number of fused-ring (bicyclic) bond motifs is 2. The van der Waals surface area contributed by atoms with Crippen LogP contribution < -0.4 is 5.32 Å². The molecule has 0 saturated carbocycles. The Morgan fingerprint density at radius 1 is 1.15 bits per heavy atom. The molecule has 2 aliphatic rings. The second kappa shape index (κ2) is 12.3. The predicted octanol–water partition coefficient (Wildman–Crippen LogP) is 4.43. The van der Waals surface area contributed by atoms with Crippen LogP contribution in [0.5, 0.6) is 0 Å². The van der Waals surface area contributed by atoms with Crippen LogP contribution in [0.1, 0.15) is 63.0 Å². The molecule has 1 unspecified atom stereocenters. The number of piperidine rings is 1. The first-order valence-electron chi connectivity index (χ1n) is 14.4. The van der Waals surface area contributed by atoms with Crippen molar-refractivity contribution in [1.29, 1.82) is 0 Å². The number of aromatic nitrogens is 4. The first kappa shape index (κ1) is 28.0. The van der Waals surface area contributed by atoms with Crippen molar-refractivity contribution in [2.45, 2.75) is 57.9 Å². The molecular formula is C31H41N7O2. The maximum absolute atomic E-state index is 12.9. The highest BCUT2D eigenvalue weighted by molar-refractivity contribution is 5.98. The largest absolute Gasteiger partial charge is 0.354 e. The normalized spacial score (nSPS) is 18.4. The second-order valence-electron chi connectivity index (χ2n) is 11.3. The molecule has 2 saturated heterocycles. The Labute approximate surface area is 235 Å². The third kappa shape index (κ3) is 5.67. The monoisotopic (exact) mass is 543 g/mol. The molecule has 2 fully saturated rings. The van der Waals surface area contributed by atoms with Crippen LogP contribution in [0.4, 0.5) is 0 Å². The van der Waals surface area contributed by atoms with E-state index in [1.54, 1.807) is 0 Å². The maximum atomic E-state index is 12.9. The van der Waals surface area contributed by atoms with Crippen LogP contribution in [0.15, 0.2) is 36.7 Å². The lowest BCUT2D eigenvalue weighted by Crippen LogP contribution is -2.44. The van der Waals surface area contributed by atoms with E-state index >= 15 is 0 Å². The van der Waals surface area contributed by atoms with Gasteiger partial charge in [0.15, 0.2) is 5.65 Å². The van der Waals surface area contributed by atoms with Crippen LogP contribution in [0.25, 0.3) is 33.2 Å². The number of H-pyrrole nitrogens is 2. The summed E-state index contributed by atoms with van der Waals surface area (Å²) < 4.78 is 0. The van der Waals surface area contributed by atoms with E-state index in [1.165, 1.54) is 23.4 Å². The summed E-state index contributed by atoms with van der Waals surface area (Å²) in [4.78, 5) is 34.2. The zero-order valence-corrected chi connectivity index (χ0v) is 24.0. The predicted molar refractivity (Wildman–Crippen MR) is 159 cm³/mol. The smallest absolute Gasteiger partial charge is 0.236 e. The Kier molecular flexibility index (Phi) is 8.61. The van der Waals surface area contributed by atoms with Crippen LogP contribution in [0.3, 0.4) is 0 Å². The standard InChI is InChI=1S/C29H37N7O.C2H4O/c1-18(2)27-23-14-20(4-5-25(23)33-28(27)22-6-10-31-29-24(22)15-32-34-29)19-7-12-36(13-8-19)26(37)17-35-11-9-21(16-35)30-3;1-2-3/h4-6,10,14-15,18-19,21,30,33H,7-9,11-13,16-17H2,1-3H3,(H,31,32,34);2H,1H3. The molecule has 4 aromatic rings. The van der Waals surface area contributed by atoms with Gasteiger partial charge in [0.25, 0.3) is 0 Å². The number of pyridine rings is 1. The van der Waals surface area contributed by atoms with E-state index in [2.05, 4.69) is 73.4 Å². The van der Waals surface area contributed by atoms with E-state index < -0.39 is 0 Å². The molecule has 0 aliphatic carbocycles. The van der Waals surface area contributed by atoms with E-state index in [4.69, 9.17) is 4.79 Å². The third-order valence-electron chi connectivity index (χ3n) is 8.42. The van der Waals surface area contributed by atoms with Crippen LogP contribution in [-0.2, 0) is 9.59 Å². The van der Waals surface area contributed by atoms with Crippen molar-refractivity contribution in [3.8, 4) is 11.3 Å². The lowest BCUT2D eigenvalue weighted by atomic mass is 9.87. The molecule has 2 aliphatic heterocycles. The molecule has 3 aromatic heterocycles. The zero-order valence-electron chi connectivity index (χ0n) is 24.0. The number of amides is 1. The zero-order chi connectivity index (χ0) is 28.2. The highest BCUT2D eigenvalue weighted by atomic mass is 16.2. The summed E-state index contributed by atoms with van der Waals surface area (Å²) in [6.45, 7) is 10.2. The number of likely N-dealkylation sites (N-methyl/N-ethyl adjacent to an activating group) is 1. The Balaban J connectivity index is 0.00000103. The van der Waals surface area contributed by atoms with Crippen molar-refractivity contribution < 1.29 is 9.59 Å². The molecule has 5 heterocycles. The van der Waals surface area contributed by atoms with E-state index in [-0.39, 0.29) is 5.91 Å². The minimum absolute atomic E-state index is 0.283. The summed E-state index contributed by atoms with van der Waals surface area (Å²) in [6.07, 6.45) is 7.61. The van der Waals surface area contributed by atoms with Gasteiger partial charge in [0.05, 0.1) is 18.4 Å². The Bertz CT molecular complexity index is 1470. The number of hydrogen-bond acceptors (Lipinski definition) is 6. The number of carbonyl (C=O) groups is 2. The average Bonchev–Trinajstić information content (AvgIpc) is 3.71. The Morgan fingerprint density at radius 3 is 2.62 bits per heavy atom. The molecule has 0 spiro atoms. The molecule has 0 radical (unpaired) electrons. The first-order chi connectivity index (χ1) is 19.4. The summed E-state index contributed by atoms with van der Waals surface area (Å²) >= 11 is 0. The van der Waals surface area contributed by atoms with Gasteiger partial charge in [-0.05, 0) is 74.4 Å². The fourth-order valence-electron chi connectivity index (χ4n) is 6.33. The number of hydrogen-bond donors (Lipinski definition) is 3. The molecular weight excluding hydrogens is 502 g/mol. The van der Waals surface area contributed by atoms with Crippen LogP contribution in [0.2, 0.25) is 0 Å². The van der Waals surface area contributed by atoms with Crippen molar-refractivity contribution >= 4 is 34.1 Å². The van der Waals surface area contributed by atoms with Gasteiger partial charge in [-0.2, -0.15) is 5.10 Å². The Hall–Kier alpha value is -3.56. The molecule has 9 nitrogen and oxygen atoms in total. The van der Waals surface area contributed by atoms with E-state index in [1.807, 2.05) is 19.4 Å². The molecule has 9 heteroatoms. The summed E-state index contributed by atoms with van der Waals surface area (Å²) in [6, 6.07) is 9.49. The lowest BCUT2D eigenvalue weighted by molar-refractivity contribution is -0.133. The van der Waals surface area contributed by atoms with Gasteiger partial charge in [0, 0.05) is 60.3 Å². The lowest BCUT2D eigenvalue weighted by Gasteiger charge is -2.33. The van der Waals surface area contributed by atoms with Gasteiger partial charge in [-0.15, -0.1) is 0 Å². The molecule has 0 bridgehead atoms. The van der Waals surface area contributed by atoms with Crippen LogP contribution in [-0.4, -0.2) is 88.0 Å². The fourth-order valence-corrected chi connectivity index (χ4v) is 6.33. The van der Waals surface area contributed by atoms with Gasteiger partial charge < -0.3 is 20.0 Å². The average molecular weight is 544 g/mol. The van der Waals surface area contributed by atoms with Crippen LogP contribution in [0, 0.1) is 0 Å². The third-order valence-corrected chi connectivity index (χ3v) is 8.42. The topological polar surface area (TPSA) is 110 Å². The molecule has 3 N–H and O–H groups in total. The number of aldehydes is 1. The summed E-state index contributed by atoms with van der Waals surface area (Å²) in [5.74, 6) is 1.13. The molecule has 1 amide bonds. The van der Waals surface area contributed by atoms with E-state index in [9.17, 15) is 4.79 Å². The summed E-state index contributed by atoms with van der Waals surface area (Å²) in [5, 5.41) is 12.9. The second-order valence-corrected chi connectivity index (χ2v) is 11.3. The number of nitrogens with zero attached hydrogens (tertiary/aromatic N) is 4. The summed E-state index contributed by atoms with van der Waals surface area (Å²) in [7, 11) is 2.01. The SMILES string of the molecule is CC=O.CNC1CCN(CC(=O)N2CCC(c3ccc4[nH]c(-c5ccnc6[nH]ncc56)c(C(C)C)c4c3)CC2)C1. The maximum Gasteiger partial charge on any atom is 0.236 e. The number of nitrogens with one attached hydrogen (secondary N) is 3. The van der Waals surface area contributed by atoms with Crippen molar-refractivity contribution in [2.24, 2.45) is 0 Å². The van der Waals surface area contributed by atoms with Crippen molar-refractivity contribution in [2.75, 3.05) is 39.8 Å². The number of aromatic amines is 2. The van der Waals surface area contributed by atoms with Gasteiger partial charge in [-0.3, -0.25) is 14.8 Å². The quantitative estimate of drug-likeness (QED) is 0.310. The van der Waals surface area contributed by atoms with Gasteiger partial charge in [-0.25, -0.2) is 4.98 Å². The fraction of sp³-hybridized carbons (Fsp3) is 0.484. The molecule has 1 atom stereocenters. The van der Waals surface area contributed by atoms with Crippen molar-refractivity contribution in [3.05, 3.63) is 47.8 Å². The molecule has 40 heavy (non-hydrogen) atoms. The van der Waals surface area contributed by atoms with Gasteiger partial charge >= 0.3 is 0 Å². The van der Waals surface area contributed by atoms with Gasteiger partial charge in [0.1, 0.15) is 6.29 Å². The number of benzene rings is 1. The highest BCUT2D eigenvalue weighted by Crippen LogP contribution is 2.39. The minimum Gasteiger partial charge on any atom is -0.354 e. The van der Waals surface area contributed by atoms with Gasteiger partial charge in [-0.1, -0.05) is 19.9 Å². The first-order valence-corrected chi connectivity index (χ1v) is 14.4. The van der Waals surface area contributed by atoms with Crippen molar-refractivity contribution in [3.63, 3.8) is 0 Å². The molecule has 212 valence electrons. The van der Waals surface area contributed by atoms with E-state index in [0.29, 0.717) is 24.4 Å². The number of likely N-dealkylation sites (tertiary alicyclic amines) is 2. The minimum atomic E-state index is 0.283. The number of carbonyl (C=O) groups excluding carboxylic acids is 2. The molecule has 6 rings (SSSR count). The van der Waals surface area contributed by atoms with Gasteiger partial charge in [0.2, 0.25) is 5.91 Å². The number of rotatable bonds is 6. The molecule has 1 aromatic carbocycles. The summed E-state index contributed by atoms with van der Waals surface area (Å²) in [5.41, 5.74) is 6.97. The van der Waals surface area contributed by atoms with E-state index in [0.717, 1.165) is 79.5 Å². The Morgan fingerprint density at radius 2 is 1.93 bits per heavy atom. The van der Waals surface area contributed by atoms with Crippen molar-refractivity contribution in [1.82, 2.24) is 35.3 Å². The van der Waals surface area contributed by atoms with Crippen LogP contribution >= 0.6 is 0 Å². The highest BCUT2D eigenvalue weighted by Gasteiger charge is 2.28.